The molecule has 0 radical (unpaired) electrons. The summed E-state index contributed by atoms with van der Waals surface area (Å²) in [6, 6.07) is 10.9. The van der Waals surface area contributed by atoms with Gasteiger partial charge >= 0.3 is 31.3 Å². The van der Waals surface area contributed by atoms with Gasteiger partial charge in [0.15, 0.2) is 0 Å². The van der Waals surface area contributed by atoms with Gasteiger partial charge < -0.3 is 8.37 Å². The summed E-state index contributed by atoms with van der Waals surface area (Å²) in [5.41, 5.74) is -9.71. The average molecular weight is 647 g/mol. The lowest BCUT2D eigenvalue weighted by Crippen LogP contribution is -2.28. The zero-order valence-corrected chi connectivity index (χ0v) is 23.7. The second kappa shape index (κ2) is 8.74. The van der Waals surface area contributed by atoms with Crippen LogP contribution in [0.15, 0.2) is 59.3 Å². The largest absolute Gasteiger partial charge is 0.534 e. The van der Waals surface area contributed by atoms with Gasteiger partial charge in [0, 0.05) is 5.41 Å². The SMILES string of the molecule is CC1(C)c2cc3cscc3cc2-c2c1c1cc(OS(=O)(=O)C(F)(F)F)ccc1c1ccc(OS(=O)(=O)C(F)(F)F)cc21. The number of benzene rings is 4. The molecule has 1 aliphatic carbocycles. The van der Waals surface area contributed by atoms with Gasteiger partial charge in [0.2, 0.25) is 0 Å². The van der Waals surface area contributed by atoms with E-state index >= 15 is 0 Å². The molecule has 0 bridgehead atoms. The predicted octanol–water partition coefficient (Wildman–Crippen LogP) is 7.97. The van der Waals surface area contributed by atoms with Gasteiger partial charge in [0.25, 0.3) is 0 Å². The summed E-state index contributed by atoms with van der Waals surface area (Å²) < 4.78 is 134. The second-order valence-electron chi connectivity index (χ2n) is 10.2. The highest BCUT2D eigenvalue weighted by molar-refractivity contribution is 7.88. The monoisotopic (exact) mass is 646 g/mol. The molecule has 0 saturated heterocycles. The van der Waals surface area contributed by atoms with Crippen LogP contribution >= 0.6 is 11.3 Å². The van der Waals surface area contributed by atoms with Gasteiger partial charge in [-0.05, 0) is 108 Å². The summed E-state index contributed by atoms with van der Waals surface area (Å²) in [5, 5.41) is 7.06. The Bertz CT molecular complexity index is 2180. The number of halogens is 6. The first-order valence-electron chi connectivity index (χ1n) is 11.9. The topological polar surface area (TPSA) is 86.7 Å². The van der Waals surface area contributed by atoms with Gasteiger partial charge in [-0.2, -0.15) is 54.5 Å². The van der Waals surface area contributed by atoms with Gasteiger partial charge in [-0.15, -0.1) is 0 Å². The maximum atomic E-state index is 13.1. The standard InChI is InChI=1S/C27H16F6O6S3/c1-25(2)22-8-14-12-40-11-13(14)7-21(22)23-19-9-15(38-41(34,35)26(28,29)30)3-5-17(19)18-6-4-16(10-20(18)24(23)25)39-42(36,37)27(31,32)33/h3-12H,1-2H3. The number of alkyl halides is 6. The van der Waals surface area contributed by atoms with E-state index in [1.807, 2.05) is 36.7 Å². The molecule has 0 aliphatic heterocycles. The van der Waals surface area contributed by atoms with Crippen LogP contribution < -0.4 is 8.37 Å². The van der Waals surface area contributed by atoms with E-state index in [4.69, 9.17) is 0 Å². The smallest absolute Gasteiger partial charge is 0.376 e. The lowest BCUT2D eigenvalue weighted by molar-refractivity contribution is -0.0504. The van der Waals surface area contributed by atoms with Crippen LogP contribution in [0.25, 0.3) is 43.4 Å². The Morgan fingerprint density at radius 3 is 1.67 bits per heavy atom. The third-order valence-electron chi connectivity index (χ3n) is 7.22. The number of fused-ring (bicyclic) bond motifs is 9. The van der Waals surface area contributed by atoms with E-state index in [2.05, 4.69) is 8.37 Å². The van der Waals surface area contributed by atoms with Crippen LogP contribution in [-0.2, 0) is 25.7 Å². The van der Waals surface area contributed by atoms with Gasteiger partial charge in [-0.3, -0.25) is 0 Å². The Hall–Kier alpha value is -3.56. The highest BCUT2D eigenvalue weighted by Crippen LogP contribution is 2.56. The van der Waals surface area contributed by atoms with Crippen molar-refractivity contribution in [3.05, 3.63) is 70.4 Å². The molecule has 6 nitrogen and oxygen atoms in total. The van der Waals surface area contributed by atoms with Crippen LogP contribution in [0.3, 0.4) is 0 Å². The highest BCUT2D eigenvalue weighted by atomic mass is 32.2. The molecule has 0 unspecified atom stereocenters. The van der Waals surface area contributed by atoms with Crippen LogP contribution in [0.2, 0.25) is 0 Å². The van der Waals surface area contributed by atoms with Gasteiger partial charge in [-0.25, -0.2) is 0 Å². The third-order valence-corrected chi connectivity index (χ3v) is 9.96. The summed E-state index contributed by atoms with van der Waals surface area (Å²) in [6.07, 6.45) is 0. The normalized spacial score (nSPS) is 15.2. The fourth-order valence-electron chi connectivity index (χ4n) is 5.46. The van der Waals surface area contributed by atoms with E-state index in [0.29, 0.717) is 38.2 Å². The first kappa shape index (κ1) is 28.6. The average Bonchev–Trinajstić information content (AvgIpc) is 3.41. The minimum Gasteiger partial charge on any atom is -0.376 e. The number of hydrogen-bond acceptors (Lipinski definition) is 7. The molecule has 0 atom stereocenters. The molecule has 15 heteroatoms. The summed E-state index contributed by atoms with van der Waals surface area (Å²) >= 11 is 1.45. The third kappa shape index (κ3) is 4.20. The van der Waals surface area contributed by atoms with Gasteiger partial charge in [0.05, 0.1) is 0 Å². The lowest BCUT2D eigenvalue weighted by atomic mass is 9.79. The van der Waals surface area contributed by atoms with E-state index < -0.39 is 48.2 Å². The molecule has 0 fully saturated rings. The van der Waals surface area contributed by atoms with Crippen LogP contribution in [-0.4, -0.2) is 27.9 Å². The maximum absolute atomic E-state index is 13.1. The Morgan fingerprint density at radius 2 is 1.14 bits per heavy atom. The van der Waals surface area contributed by atoms with Crippen molar-refractivity contribution >= 4 is 63.9 Å². The molecule has 4 aromatic carbocycles. The minimum absolute atomic E-state index is 0.324. The van der Waals surface area contributed by atoms with Crippen LogP contribution in [0.4, 0.5) is 26.3 Å². The molecular weight excluding hydrogens is 630 g/mol. The molecule has 1 heterocycles. The second-order valence-corrected chi connectivity index (χ2v) is 14.0. The minimum atomic E-state index is -5.98. The molecule has 220 valence electrons. The Labute approximate surface area is 238 Å². The number of thiophene rings is 1. The molecule has 1 aliphatic rings. The van der Waals surface area contributed by atoms with Crippen LogP contribution in [0, 0.1) is 0 Å². The van der Waals surface area contributed by atoms with Crippen molar-refractivity contribution in [3.8, 4) is 22.6 Å². The molecule has 0 saturated carbocycles. The van der Waals surface area contributed by atoms with Crippen molar-refractivity contribution < 1.29 is 51.5 Å². The van der Waals surface area contributed by atoms with E-state index in [1.54, 1.807) is 0 Å². The van der Waals surface area contributed by atoms with Crippen molar-refractivity contribution in [3.63, 3.8) is 0 Å². The summed E-state index contributed by atoms with van der Waals surface area (Å²) in [6.45, 7) is 3.69. The molecular formula is C27H16F6O6S3. The van der Waals surface area contributed by atoms with E-state index in [0.717, 1.165) is 28.5 Å². The molecule has 0 N–H and O–H groups in total. The van der Waals surface area contributed by atoms with Crippen molar-refractivity contribution in [2.45, 2.75) is 30.3 Å². The predicted molar refractivity (Wildman–Crippen MR) is 146 cm³/mol. The maximum Gasteiger partial charge on any atom is 0.534 e. The first-order valence-corrected chi connectivity index (χ1v) is 15.6. The van der Waals surface area contributed by atoms with Crippen molar-refractivity contribution in [1.29, 1.82) is 0 Å². The number of rotatable bonds is 4. The number of hydrogen-bond donors (Lipinski definition) is 0. The fourth-order valence-corrected chi connectivity index (χ4v) is 7.13. The van der Waals surface area contributed by atoms with Crippen molar-refractivity contribution in [1.82, 2.24) is 0 Å². The fraction of sp³-hybridized carbons (Fsp3) is 0.185. The van der Waals surface area contributed by atoms with E-state index in [-0.39, 0.29) is 0 Å². The molecule has 5 aromatic rings. The van der Waals surface area contributed by atoms with Crippen molar-refractivity contribution in [2.24, 2.45) is 0 Å². The van der Waals surface area contributed by atoms with E-state index in [1.165, 1.54) is 35.6 Å². The lowest BCUT2D eigenvalue weighted by Gasteiger charge is -2.24. The van der Waals surface area contributed by atoms with E-state index in [9.17, 15) is 43.2 Å². The first-order chi connectivity index (χ1) is 19.3. The van der Waals surface area contributed by atoms with Gasteiger partial charge in [0.1, 0.15) is 11.5 Å². The Morgan fingerprint density at radius 1 is 0.667 bits per heavy atom. The molecule has 6 rings (SSSR count). The molecule has 0 spiro atoms. The molecule has 42 heavy (non-hydrogen) atoms. The Balaban J connectivity index is 1.69. The quantitative estimate of drug-likeness (QED) is 0.0852. The van der Waals surface area contributed by atoms with Gasteiger partial charge in [-0.1, -0.05) is 19.9 Å². The summed E-state index contributed by atoms with van der Waals surface area (Å²) in [4.78, 5) is 0. The Kier molecular flexibility index (Phi) is 5.94. The van der Waals surface area contributed by atoms with Crippen LogP contribution in [0.5, 0.6) is 11.5 Å². The molecule has 0 amide bonds. The highest BCUT2D eigenvalue weighted by Gasteiger charge is 2.49. The molecule has 1 aromatic heterocycles. The van der Waals surface area contributed by atoms with Crippen LogP contribution in [0.1, 0.15) is 25.0 Å². The summed E-state index contributed by atoms with van der Waals surface area (Å²) in [7, 11) is -12.0. The summed E-state index contributed by atoms with van der Waals surface area (Å²) in [5.74, 6) is -1.19. The van der Waals surface area contributed by atoms with Crippen molar-refractivity contribution in [2.75, 3.05) is 0 Å². The zero-order chi connectivity index (χ0) is 30.6. The zero-order valence-electron chi connectivity index (χ0n) is 21.2.